The number of benzene rings is 1. The molecule has 5 heteroatoms. The molecule has 0 bridgehead atoms. The summed E-state index contributed by atoms with van der Waals surface area (Å²) in [5.74, 6) is 1.74. The second-order valence-electron chi connectivity index (χ2n) is 4.73. The lowest BCUT2D eigenvalue weighted by Gasteiger charge is -2.11. The molecule has 0 saturated carbocycles. The average Bonchev–Trinajstić information content (AvgIpc) is 2.46. The van der Waals surface area contributed by atoms with Crippen LogP contribution in [0, 0.1) is 5.82 Å². The first kappa shape index (κ1) is 14.2. The third kappa shape index (κ3) is 3.44. The van der Waals surface area contributed by atoms with E-state index in [0.717, 1.165) is 0 Å². The molecular formula is C15H18FN3O. The van der Waals surface area contributed by atoms with Crippen molar-refractivity contribution < 1.29 is 9.13 Å². The lowest BCUT2D eigenvalue weighted by Crippen LogP contribution is -2.06. The van der Waals surface area contributed by atoms with Crippen molar-refractivity contribution in [1.82, 2.24) is 9.97 Å². The molecule has 0 aliphatic carbocycles. The van der Waals surface area contributed by atoms with Crippen LogP contribution in [-0.2, 0) is 6.61 Å². The molecule has 1 aromatic heterocycles. The first-order valence-corrected chi connectivity index (χ1v) is 6.53. The van der Waals surface area contributed by atoms with E-state index in [1.807, 2.05) is 13.8 Å². The third-order valence-electron chi connectivity index (χ3n) is 2.83. The Morgan fingerprint density at radius 1 is 1.25 bits per heavy atom. The molecule has 1 N–H and O–H groups in total. The average molecular weight is 275 g/mol. The lowest BCUT2D eigenvalue weighted by molar-refractivity contribution is 0.286. The topological polar surface area (TPSA) is 47.0 Å². The number of ether oxygens (including phenoxy) is 1. The minimum Gasteiger partial charge on any atom is -0.473 e. The minimum atomic E-state index is -0.278. The van der Waals surface area contributed by atoms with Crippen LogP contribution in [-0.4, -0.2) is 17.0 Å². The molecule has 2 aromatic rings. The highest BCUT2D eigenvalue weighted by molar-refractivity contribution is 5.38. The van der Waals surface area contributed by atoms with Crippen molar-refractivity contribution in [2.24, 2.45) is 0 Å². The van der Waals surface area contributed by atoms with E-state index in [2.05, 4.69) is 15.3 Å². The molecule has 0 atom stereocenters. The molecule has 0 amide bonds. The Kier molecular flexibility index (Phi) is 4.50. The molecule has 1 aromatic carbocycles. The molecule has 2 rings (SSSR count). The van der Waals surface area contributed by atoms with Crippen LogP contribution in [0.25, 0.3) is 0 Å². The zero-order chi connectivity index (χ0) is 14.5. The fourth-order valence-corrected chi connectivity index (χ4v) is 1.67. The molecule has 0 saturated heterocycles. The summed E-state index contributed by atoms with van der Waals surface area (Å²) >= 11 is 0. The quantitative estimate of drug-likeness (QED) is 0.909. The molecule has 20 heavy (non-hydrogen) atoms. The number of hydrogen-bond acceptors (Lipinski definition) is 4. The Labute approximate surface area is 118 Å². The van der Waals surface area contributed by atoms with Gasteiger partial charge in [-0.15, -0.1) is 0 Å². The molecule has 0 aliphatic rings. The summed E-state index contributed by atoms with van der Waals surface area (Å²) in [5, 5.41) is 2.97. The van der Waals surface area contributed by atoms with Crippen LogP contribution in [0.15, 0.2) is 30.3 Å². The monoisotopic (exact) mass is 275 g/mol. The van der Waals surface area contributed by atoms with Gasteiger partial charge in [-0.25, -0.2) is 9.37 Å². The molecule has 1 heterocycles. The number of aromatic nitrogens is 2. The second-order valence-corrected chi connectivity index (χ2v) is 4.73. The standard InChI is InChI=1S/C15H18FN3O/c1-10(2)15-18-13(17-3)8-14(19-15)20-9-11-6-4-5-7-12(11)16/h4-8,10H,9H2,1-3H3,(H,17,18,19). The SMILES string of the molecule is CNc1cc(OCc2ccccc2F)nc(C(C)C)n1. The van der Waals surface area contributed by atoms with Crippen LogP contribution in [0.4, 0.5) is 10.2 Å². The highest BCUT2D eigenvalue weighted by Gasteiger charge is 2.09. The summed E-state index contributed by atoms with van der Waals surface area (Å²) in [5.41, 5.74) is 0.503. The Morgan fingerprint density at radius 3 is 2.65 bits per heavy atom. The Bertz CT molecular complexity index is 587. The molecule has 0 fully saturated rings. The maximum atomic E-state index is 13.5. The number of rotatable bonds is 5. The summed E-state index contributed by atoms with van der Waals surface area (Å²) in [6.07, 6.45) is 0. The van der Waals surface area contributed by atoms with E-state index >= 15 is 0 Å². The van der Waals surface area contributed by atoms with E-state index < -0.39 is 0 Å². The van der Waals surface area contributed by atoms with E-state index in [1.165, 1.54) is 6.07 Å². The largest absolute Gasteiger partial charge is 0.473 e. The fraction of sp³-hybridized carbons (Fsp3) is 0.333. The predicted molar refractivity (Wildman–Crippen MR) is 76.4 cm³/mol. The van der Waals surface area contributed by atoms with Crippen molar-refractivity contribution in [2.75, 3.05) is 12.4 Å². The van der Waals surface area contributed by atoms with E-state index in [0.29, 0.717) is 23.1 Å². The first-order chi connectivity index (χ1) is 9.60. The number of hydrogen-bond donors (Lipinski definition) is 1. The zero-order valence-corrected chi connectivity index (χ0v) is 11.9. The number of anilines is 1. The van der Waals surface area contributed by atoms with E-state index in [1.54, 1.807) is 31.3 Å². The van der Waals surface area contributed by atoms with Crippen molar-refractivity contribution in [3.05, 3.63) is 47.5 Å². The highest BCUT2D eigenvalue weighted by atomic mass is 19.1. The molecule has 0 radical (unpaired) electrons. The number of halogens is 1. The van der Waals surface area contributed by atoms with Gasteiger partial charge in [0.1, 0.15) is 24.1 Å². The minimum absolute atomic E-state index is 0.143. The Morgan fingerprint density at radius 2 is 2.00 bits per heavy atom. The molecular weight excluding hydrogens is 257 g/mol. The number of nitrogens with one attached hydrogen (secondary N) is 1. The van der Waals surface area contributed by atoms with Crippen molar-refractivity contribution >= 4 is 5.82 Å². The van der Waals surface area contributed by atoms with Crippen LogP contribution in [0.1, 0.15) is 31.2 Å². The third-order valence-corrected chi connectivity index (χ3v) is 2.83. The first-order valence-electron chi connectivity index (χ1n) is 6.53. The maximum absolute atomic E-state index is 13.5. The number of nitrogens with zero attached hydrogens (tertiary/aromatic N) is 2. The van der Waals surface area contributed by atoms with Crippen molar-refractivity contribution in [2.45, 2.75) is 26.4 Å². The van der Waals surface area contributed by atoms with Crippen LogP contribution >= 0.6 is 0 Å². The zero-order valence-electron chi connectivity index (χ0n) is 11.9. The van der Waals surface area contributed by atoms with Crippen molar-refractivity contribution in [3.8, 4) is 5.88 Å². The summed E-state index contributed by atoms with van der Waals surface area (Å²) in [6.45, 7) is 4.16. The maximum Gasteiger partial charge on any atom is 0.219 e. The van der Waals surface area contributed by atoms with Crippen molar-refractivity contribution in [1.29, 1.82) is 0 Å². The van der Waals surface area contributed by atoms with Gasteiger partial charge in [-0.05, 0) is 6.07 Å². The molecule has 0 unspecified atom stereocenters. The van der Waals surface area contributed by atoms with E-state index in [-0.39, 0.29) is 18.3 Å². The van der Waals surface area contributed by atoms with Crippen LogP contribution < -0.4 is 10.1 Å². The van der Waals surface area contributed by atoms with Gasteiger partial charge in [-0.1, -0.05) is 32.0 Å². The van der Waals surface area contributed by atoms with Gasteiger partial charge < -0.3 is 10.1 Å². The van der Waals surface area contributed by atoms with Crippen LogP contribution in [0.3, 0.4) is 0 Å². The summed E-state index contributed by atoms with van der Waals surface area (Å²) in [7, 11) is 1.78. The smallest absolute Gasteiger partial charge is 0.219 e. The molecule has 106 valence electrons. The lowest BCUT2D eigenvalue weighted by atomic mass is 10.2. The van der Waals surface area contributed by atoms with Gasteiger partial charge in [0.2, 0.25) is 5.88 Å². The van der Waals surface area contributed by atoms with E-state index in [4.69, 9.17) is 4.74 Å². The van der Waals surface area contributed by atoms with E-state index in [9.17, 15) is 4.39 Å². The summed E-state index contributed by atoms with van der Waals surface area (Å²) in [6, 6.07) is 8.24. The van der Waals surface area contributed by atoms with Crippen molar-refractivity contribution in [3.63, 3.8) is 0 Å². The normalized spacial score (nSPS) is 10.7. The molecule has 0 spiro atoms. The molecule has 0 aliphatic heterocycles. The van der Waals surface area contributed by atoms with Crippen LogP contribution in [0.5, 0.6) is 5.88 Å². The van der Waals surface area contributed by atoms with Gasteiger partial charge in [0.05, 0.1) is 0 Å². The van der Waals surface area contributed by atoms with Gasteiger partial charge >= 0.3 is 0 Å². The van der Waals surface area contributed by atoms with Gasteiger partial charge in [0.15, 0.2) is 0 Å². The van der Waals surface area contributed by atoms with Gasteiger partial charge in [0.25, 0.3) is 0 Å². The fourth-order valence-electron chi connectivity index (χ4n) is 1.67. The van der Waals surface area contributed by atoms with Gasteiger partial charge in [0, 0.05) is 24.6 Å². The molecule has 4 nitrogen and oxygen atoms in total. The summed E-state index contributed by atoms with van der Waals surface area (Å²) < 4.78 is 19.1. The highest BCUT2D eigenvalue weighted by Crippen LogP contribution is 2.19. The van der Waals surface area contributed by atoms with Gasteiger partial charge in [-0.3, -0.25) is 0 Å². The predicted octanol–water partition coefficient (Wildman–Crippen LogP) is 3.36. The van der Waals surface area contributed by atoms with Gasteiger partial charge in [-0.2, -0.15) is 4.98 Å². The Hall–Kier alpha value is -2.17. The summed E-state index contributed by atoms with van der Waals surface area (Å²) in [4.78, 5) is 8.68. The second kappa shape index (κ2) is 6.32. The van der Waals surface area contributed by atoms with Crippen LogP contribution in [0.2, 0.25) is 0 Å². The Balaban J connectivity index is 2.17.